The fraction of sp³-hybridized carbons (Fsp3) is 0.500. The molecule has 3 heterocycles. The van der Waals surface area contributed by atoms with Crippen LogP contribution in [0.15, 0.2) is 30.5 Å². The van der Waals surface area contributed by atoms with Gasteiger partial charge in [-0.25, -0.2) is 4.98 Å². The SMILES string of the molecule is Oc1cccc(CN2CCN(Cc3cnc4n3CCOC4)CC2)c1. The first-order valence-electron chi connectivity index (χ1n) is 8.61. The molecular weight excluding hydrogens is 304 g/mol. The van der Waals surface area contributed by atoms with Crippen LogP contribution in [-0.4, -0.2) is 57.2 Å². The van der Waals surface area contributed by atoms with Crippen LogP contribution in [0.1, 0.15) is 17.1 Å². The number of hydrogen-bond donors (Lipinski definition) is 1. The summed E-state index contributed by atoms with van der Waals surface area (Å²) in [5.41, 5.74) is 2.48. The van der Waals surface area contributed by atoms with Crippen molar-refractivity contribution in [3.8, 4) is 5.75 Å². The monoisotopic (exact) mass is 328 g/mol. The Kier molecular flexibility index (Phi) is 4.51. The number of benzene rings is 1. The summed E-state index contributed by atoms with van der Waals surface area (Å²) in [6, 6.07) is 7.56. The van der Waals surface area contributed by atoms with Crippen LogP contribution >= 0.6 is 0 Å². The molecule has 0 bridgehead atoms. The van der Waals surface area contributed by atoms with Crippen LogP contribution in [0.3, 0.4) is 0 Å². The minimum Gasteiger partial charge on any atom is -0.508 e. The number of ether oxygens (including phenoxy) is 1. The van der Waals surface area contributed by atoms with E-state index in [1.54, 1.807) is 6.07 Å². The van der Waals surface area contributed by atoms with Gasteiger partial charge in [0, 0.05) is 52.0 Å². The molecule has 2 aromatic rings. The van der Waals surface area contributed by atoms with Gasteiger partial charge in [-0.15, -0.1) is 0 Å². The maximum atomic E-state index is 9.58. The molecular formula is C18H24N4O2. The van der Waals surface area contributed by atoms with Crippen molar-refractivity contribution in [2.75, 3.05) is 32.8 Å². The van der Waals surface area contributed by atoms with Gasteiger partial charge in [0.25, 0.3) is 0 Å². The van der Waals surface area contributed by atoms with Crippen LogP contribution in [0.25, 0.3) is 0 Å². The number of imidazole rings is 1. The number of fused-ring (bicyclic) bond motifs is 1. The second-order valence-corrected chi connectivity index (χ2v) is 6.59. The van der Waals surface area contributed by atoms with Crippen molar-refractivity contribution in [3.63, 3.8) is 0 Å². The van der Waals surface area contributed by atoms with Crippen LogP contribution < -0.4 is 0 Å². The molecule has 0 saturated carbocycles. The Hall–Kier alpha value is -1.89. The normalized spacial score (nSPS) is 19.3. The number of phenols is 1. The molecule has 1 saturated heterocycles. The maximum absolute atomic E-state index is 9.58. The highest BCUT2D eigenvalue weighted by atomic mass is 16.5. The highest BCUT2D eigenvalue weighted by Gasteiger charge is 2.20. The van der Waals surface area contributed by atoms with Gasteiger partial charge in [0.15, 0.2) is 0 Å². The number of hydrogen-bond acceptors (Lipinski definition) is 5. The van der Waals surface area contributed by atoms with Crippen LogP contribution in [0.5, 0.6) is 5.75 Å². The zero-order valence-corrected chi connectivity index (χ0v) is 13.9. The Morgan fingerprint density at radius 2 is 1.83 bits per heavy atom. The van der Waals surface area contributed by atoms with E-state index in [1.807, 2.05) is 18.3 Å². The molecule has 2 aliphatic rings. The minimum absolute atomic E-state index is 0.348. The average Bonchev–Trinajstić information content (AvgIpc) is 3.00. The summed E-state index contributed by atoms with van der Waals surface area (Å²) >= 11 is 0. The van der Waals surface area contributed by atoms with E-state index >= 15 is 0 Å². The molecule has 1 aromatic carbocycles. The largest absolute Gasteiger partial charge is 0.508 e. The Morgan fingerprint density at radius 3 is 2.62 bits per heavy atom. The average molecular weight is 328 g/mol. The van der Waals surface area contributed by atoms with Crippen molar-refractivity contribution in [1.82, 2.24) is 19.4 Å². The standard InChI is InChI=1S/C18H24N4O2/c23-17-3-1-2-15(10-17)12-20-4-6-21(7-5-20)13-16-11-19-18-14-24-9-8-22(16)18/h1-3,10-11,23H,4-9,12-14H2. The van der Waals surface area contributed by atoms with E-state index in [-0.39, 0.29) is 0 Å². The van der Waals surface area contributed by atoms with Crippen LogP contribution in [0.2, 0.25) is 0 Å². The summed E-state index contributed by atoms with van der Waals surface area (Å²) in [7, 11) is 0. The molecule has 0 spiro atoms. The minimum atomic E-state index is 0.348. The number of piperazine rings is 1. The van der Waals surface area contributed by atoms with E-state index in [9.17, 15) is 5.11 Å². The molecule has 1 N–H and O–H groups in total. The number of phenolic OH excluding ortho intramolecular Hbond substituents is 1. The molecule has 0 aliphatic carbocycles. The Morgan fingerprint density at radius 1 is 1.04 bits per heavy atom. The van der Waals surface area contributed by atoms with Gasteiger partial charge in [-0.1, -0.05) is 12.1 Å². The molecule has 1 fully saturated rings. The second kappa shape index (κ2) is 6.93. The van der Waals surface area contributed by atoms with E-state index in [2.05, 4.69) is 25.4 Å². The fourth-order valence-corrected chi connectivity index (χ4v) is 3.54. The van der Waals surface area contributed by atoms with Crippen molar-refractivity contribution < 1.29 is 9.84 Å². The lowest BCUT2D eigenvalue weighted by Gasteiger charge is -2.35. The highest BCUT2D eigenvalue weighted by Crippen LogP contribution is 2.17. The molecule has 128 valence electrons. The second-order valence-electron chi connectivity index (χ2n) is 6.59. The third kappa shape index (κ3) is 3.45. The molecule has 4 rings (SSSR count). The summed E-state index contributed by atoms with van der Waals surface area (Å²) in [5.74, 6) is 1.40. The fourth-order valence-electron chi connectivity index (χ4n) is 3.54. The summed E-state index contributed by atoms with van der Waals surface area (Å²) in [6.45, 7) is 8.45. The first kappa shape index (κ1) is 15.6. The molecule has 0 atom stereocenters. The van der Waals surface area contributed by atoms with Gasteiger partial charge >= 0.3 is 0 Å². The van der Waals surface area contributed by atoms with Crippen molar-refractivity contribution in [3.05, 3.63) is 47.5 Å². The van der Waals surface area contributed by atoms with Gasteiger partial charge in [0.1, 0.15) is 18.2 Å². The van der Waals surface area contributed by atoms with E-state index in [1.165, 1.54) is 11.3 Å². The molecule has 6 nitrogen and oxygen atoms in total. The first-order valence-corrected chi connectivity index (χ1v) is 8.61. The van der Waals surface area contributed by atoms with Gasteiger partial charge in [0.05, 0.1) is 12.3 Å². The number of aromatic hydroxyl groups is 1. The van der Waals surface area contributed by atoms with Gasteiger partial charge in [-0.05, 0) is 17.7 Å². The summed E-state index contributed by atoms with van der Waals surface area (Å²) < 4.78 is 7.77. The van der Waals surface area contributed by atoms with Gasteiger partial charge in [-0.2, -0.15) is 0 Å². The Balaban J connectivity index is 1.31. The molecule has 24 heavy (non-hydrogen) atoms. The lowest BCUT2D eigenvalue weighted by Crippen LogP contribution is -2.45. The first-order chi connectivity index (χ1) is 11.8. The van der Waals surface area contributed by atoms with E-state index in [4.69, 9.17) is 4.74 Å². The summed E-state index contributed by atoms with van der Waals surface area (Å²) in [4.78, 5) is 9.43. The Bertz CT molecular complexity index is 692. The molecule has 2 aliphatic heterocycles. The Labute approximate surface area is 142 Å². The van der Waals surface area contributed by atoms with E-state index in [0.717, 1.165) is 58.2 Å². The summed E-state index contributed by atoms with van der Waals surface area (Å²) in [6.07, 6.45) is 2.00. The zero-order chi connectivity index (χ0) is 16.4. The predicted octanol–water partition coefficient (Wildman–Crippen LogP) is 1.44. The van der Waals surface area contributed by atoms with Gasteiger partial charge < -0.3 is 14.4 Å². The molecule has 6 heteroatoms. The van der Waals surface area contributed by atoms with Crippen LogP contribution in [-0.2, 0) is 31.0 Å². The van der Waals surface area contributed by atoms with Crippen molar-refractivity contribution in [2.24, 2.45) is 0 Å². The van der Waals surface area contributed by atoms with Crippen molar-refractivity contribution in [2.45, 2.75) is 26.2 Å². The molecule has 0 amide bonds. The number of aromatic nitrogens is 2. The predicted molar refractivity (Wildman–Crippen MR) is 90.5 cm³/mol. The molecule has 0 radical (unpaired) electrons. The van der Waals surface area contributed by atoms with Crippen LogP contribution in [0, 0.1) is 0 Å². The smallest absolute Gasteiger partial charge is 0.135 e. The van der Waals surface area contributed by atoms with Crippen LogP contribution in [0.4, 0.5) is 0 Å². The van der Waals surface area contributed by atoms with Gasteiger partial charge in [0.2, 0.25) is 0 Å². The lowest BCUT2D eigenvalue weighted by atomic mass is 10.2. The van der Waals surface area contributed by atoms with Crippen molar-refractivity contribution >= 4 is 0 Å². The topological polar surface area (TPSA) is 53.8 Å². The summed E-state index contributed by atoms with van der Waals surface area (Å²) in [5, 5.41) is 9.58. The zero-order valence-electron chi connectivity index (χ0n) is 13.9. The van der Waals surface area contributed by atoms with E-state index in [0.29, 0.717) is 12.4 Å². The molecule has 0 unspecified atom stereocenters. The third-order valence-corrected chi connectivity index (χ3v) is 4.88. The number of rotatable bonds is 4. The van der Waals surface area contributed by atoms with Gasteiger partial charge in [-0.3, -0.25) is 9.80 Å². The third-order valence-electron chi connectivity index (χ3n) is 4.88. The lowest BCUT2D eigenvalue weighted by molar-refractivity contribution is 0.0777. The molecule has 1 aromatic heterocycles. The maximum Gasteiger partial charge on any atom is 0.135 e. The van der Waals surface area contributed by atoms with Crippen molar-refractivity contribution in [1.29, 1.82) is 0 Å². The quantitative estimate of drug-likeness (QED) is 0.920. The number of nitrogens with zero attached hydrogens (tertiary/aromatic N) is 4. The highest BCUT2D eigenvalue weighted by molar-refractivity contribution is 5.27. The van der Waals surface area contributed by atoms with E-state index < -0.39 is 0 Å².